The van der Waals surface area contributed by atoms with Gasteiger partial charge in [-0.05, 0) is 30.1 Å². The summed E-state index contributed by atoms with van der Waals surface area (Å²) in [6.45, 7) is 14.4. The zero-order valence-corrected chi connectivity index (χ0v) is 13.2. The van der Waals surface area contributed by atoms with Crippen molar-refractivity contribution in [2.45, 2.75) is 66.9 Å². The van der Waals surface area contributed by atoms with Gasteiger partial charge in [0.05, 0.1) is 0 Å². The predicted octanol–water partition coefficient (Wildman–Crippen LogP) is 4.35. The van der Waals surface area contributed by atoms with Gasteiger partial charge in [-0.25, -0.2) is 0 Å². The Hall–Kier alpha value is -0.790. The Morgan fingerprint density at radius 2 is 1.58 bits per heavy atom. The summed E-state index contributed by atoms with van der Waals surface area (Å²) >= 11 is 0. The van der Waals surface area contributed by atoms with E-state index in [1.807, 2.05) is 0 Å². The summed E-state index contributed by atoms with van der Waals surface area (Å²) in [6.07, 6.45) is 6.11. The van der Waals surface area contributed by atoms with Gasteiger partial charge >= 0.3 is 0 Å². The number of hydrogen-bond acceptors (Lipinski definition) is 2. The van der Waals surface area contributed by atoms with Gasteiger partial charge in [0, 0.05) is 11.3 Å². The fourth-order valence-electron chi connectivity index (χ4n) is 4.34. The van der Waals surface area contributed by atoms with E-state index < -0.39 is 0 Å². The molecule has 2 atom stereocenters. The molecule has 0 aromatic heterocycles. The van der Waals surface area contributed by atoms with Crippen LogP contribution in [0.3, 0.4) is 0 Å². The molecule has 108 valence electrons. The van der Waals surface area contributed by atoms with Gasteiger partial charge < -0.3 is 4.74 Å². The number of ether oxygens (including phenoxy) is 1. The van der Waals surface area contributed by atoms with Crippen molar-refractivity contribution in [1.82, 2.24) is 0 Å². The maximum absolute atomic E-state index is 10.5. The van der Waals surface area contributed by atoms with Gasteiger partial charge in [-0.15, -0.1) is 0 Å². The Labute approximate surface area is 117 Å². The average molecular weight is 264 g/mol. The lowest BCUT2D eigenvalue weighted by Crippen LogP contribution is -2.30. The van der Waals surface area contributed by atoms with E-state index in [2.05, 4.69) is 47.6 Å². The van der Waals surface area contributed by atoms with Crippen LogP contribution in [-0.4, -0.2) is 12.6 Å². The summed E-state index contributed by atoms with van der Waals surface area (Å²) in [5.41, 5.74) is 2.43. The van der Waals surface area contributed by atoms with E-state index in [0.29, 0.717) is 23.2 Å². The molecule has 0 bridgehead atoms. The summed E-state index contributed by atoms with van der Waals surface area (Å²) < 4.78 is 5.20. The topological polar surface area (TPSA) is 26.3 Å². The molecule has 2 rings (SSSR count). The molecule has 2 aliphatic rings. The van der Waals surface area contributed by atoms with Gasteiger partial charge in [0.1, 0.15) is 6.10 Å². The molecule has 2 unspecified atom stereocenters. The van der Waals surface area contributed by atoms with E-state index in [1.165, 1.54) is 19.3 Å². The molecule has 0 saturated heterocycles. The van der Waals surface area contributed by atoms with Crippen LogP contribution in [-0.2, 0) is 9.53 Å². The fraction of sp³-hybridized carbons (Fsp3) is 0.824. The van der Waals surface area contributed by atoms with E-state index in [1.54, 1.807) is 5.57 Å². The molecule has 0 spiro atoms. The second-order valence-electron chi connectivity index (χ2n) is 8.68. The van der Waals surface area contributed by atoms with E-state index in [0.717, 1.165) is 0 Å². The van der Waals surface area contributed by atoms with Crippen molar-refractivity contribution < 1.29 is 9.53 Å². The number of carbonyl (C=O) groups excluding carboxylic acids is 1. The van der Waals surface area contributed by atoms with Gasteiger partial charge in [0.25, 0.3) is 6.47 Å². The van der Waals surface area contributed by atoms with Crippen molar-refractivity contribution >= 4 is 6.47 Å². The second-order valence-corrected chi connectivity index (χ2v) is 8.68. The smallest absolute Gasteiger partial charge is 0.293 e. The van der Waals surface area contributed by atoms with Crippen LogP contribution in [0.2, 0.25) is 0 Å². The lowest BCUT2D eigenvalue weighted by atomic mass is 9.63. The summed E-state index contributed by atoms with van der Waals surface area (Å²) in [5.74, 6) is 0.400. The third-order valence-corrected chi connectivity index (χ3v) is 4.80. The van der Waals surface area contributed by atoms with Crippen molar-refractivity contribution in [3.8, 4) is 0 Å². The van der Waals surface area contributed by atoms with E-state index in [9.17, 15) is 4.79 Å². The first kappa shape index (κ1) is 14.6. The van der Waals surface area contributed by atoms with Gasteiger partial charge in [-0.1, -0.05) is 53.2 Å². The molecule has 2 fully saturated rings. The molecule has 0 N–H and O–H groups in total. The van der Waals surface area contributed by atoms with Crippen molar-refractivity contribution in [3.63, 3.8) is 0 Å². The van der Waals surface area contributed by atoms with Crippen molar-refractivity contribution in [1.29, 1.82) is 0 Å². The van der Waals surface area contributed by atoms with Gasteiger partial charge in [0.15, 0.2) is 0 Å². The molecule has 0 aromatic rings. The van der Waals surface area contributed by atoms with Gasteiger partial charge in [-0.2, -0.15) is 0 Å². The Kier molecular flexibility index (Phi) is 3.35. The second kappa shape index (κ2) is 4.36. The zero-order valence-electron chi connectivity index (χ0n) is 13.2. The quantitative estimate of drug-likeness (QED) is 0.559. The minimum absolute atomic E-state index is 0.0747. The molecular formula is C17H28O2. The lowest BCUT2D eigenvalue weighted by Gasteiger charge is -2.42. The van der Waals surface area contributed by atoms with E-state index >= 15 is 0 Å². The molecule has 2 saturated carbocycles. The number of hydrogen-bond donors (Lipinski definition) is 0. The van der Waals surface area contributed by atoms with Crippen LogP contribution < -0.4 is 0 Å². The molecule has 0 radical (unpaired) electrons. The van der Waals surface area contributed by atoms with Crippen LogP contribution in [0.4, 0.5) is 0 Å². The first-order chi connectivity index (χ1) is 8.57. The zero-order chi connectivity index (χ0) is 14.5. The maximum Gasteiger partial charge on any atom is 0.293 e. The highest BCUT2D eigenvalue weighted by molar-refractivity contribution is 5.40. The monoisotopic (exact) mass is 264 g/mol. The highest BCUT2D eigenvalue weighted by Gasteiger charge is 2.59. The van der Waals surface area contributed by atoms with Crippen LogP contribution in [0.5, 0.6) is 0 Å². The molecular weight excluding hydrogens is 236 g/mol. The summed E-state index contributed by atoms with van der Waals surface area (Å²) in [6, 6.07) is 0. The third-order valence-electron chi connectivity index (χ3n) is 4.80. The van der Waals surface area contributed by atoms with Crippen LogP contribution in [0.25, 0.3) is 0 Å². The molecule has 2 aliphatic carbocycles. The lowest BCUT2D eigenvalue weighted by molar-refractivity contribution is -0.131. The van der Waals surface area contributed by atoms with E-state index in [-0.39, 0.29) is 11.5 Å². The van der Waals surface area contributed by atoms with Crippen molar-refractivity contribution in [3.05, 3.63) is 11.6 Å². The van der Waals surface area contributed by atoms with E-state index in [4.69, 9.17) is 4.74 Å². The largest absolute Gasteiger partial charge is 0.463 e. The Morgan fingerprint density at radius 3 is 2.05 bits per heavy atom. The first-order valence-electron chi connectivity index (χ1n) is 7.36. The van der Waals surface area contributed by atoms with Crippen LogP contribution in [0, 0.1) is 22.2 Å². The summed E-state index contributed by atoms with van der Waals surface area (Å²) in [7, 11) is 0. The molecule has 0 aliphatic heterocycles. The van der Waals surface area contributed by atoms with Crippen LogP contribution in [0.1, 0.15) is 60.8 Å². The van der Waals surface area contributed by atoms with Gasteiger partial charge in [-0.3, -0.25) is 4.79 Å². The standard InChI is InChI=1S/C17H28O2/c1-15(2)8-12(9-16(3,4)10-15)7-13-14(19-11-18)17(13,5)6/h7,11,13-14H,8-10H2,1-6H3. The first-order valence-corrected chi connectivity index (χ1v) is 7.36. The van der Waals surface area contributed by atoms with Crippen LogP contribution in [0.15, 0.2) is 11.6 Å². The number of rotatable bonds is 3. The molecule has 0 heterocycles. The molecule has 0 aromatic carbocycles. The molecule has 2 nitrogen and oxygen atoms in total. The fourth-order valence-corrected chi connectivity index (χ4v) is 4.34. The molecule has 0 amide bonds. The summed E-state index contributed by atoms with van der Waals surface area (Å²) in [5, 5.41) is 0. The highest BCUT2D eigenvalue weighted by atomic mass is 16.5. The third kappa shape index (κ3) is 3.04. The summed E-state index contributed by atoms with van der Waals surface area (Å²) in [4.78, 5) is 10.5. The molecule has 2 heteroatoms. The Balaban J connectivity index is 2.14. The Bertz CT molecular complexity index is 383. The van der Waals surface area contributed by atoms with Gasteiger partial charge in [0.2, 0.25) is 0 Å². The van der Waals surface area contributed by atoms with Crippen molar-refractivity contribution in [2.75, 3.05) is 0 Å². The normalized spacial score (nSPS) is 34.5. The SMILES string of the molecule is CC1(C)CC(=CC2C(OC=O)C2(C)C)CC(C)(C)C1. The average Bonchev–Trinajstić information content (AvgIpc) is 2.64. The van der Waals surface area contributed by atoms with Crippen LogP contribution >= 0.6 is 0 Å². The molecule has 19 heavy (non-hydrogen) atoms. The predicted molar refractivity (Wildman–Crippen MR) is 77.7 cm³/mol. The number of carbonyl (C=O) groups is 1. The minimum Gasteiger partial charge on any atom is -0.463 e. The maximum atomic E-state index is 10.5. The Morgan fingerprint density at radius 1 is 1.05 bits per heavy atom. The highest BCUT2D eigenvalue weighted by Crippen LogP contribution is 2.57. The number of allylic oxidation sites excluding steroid dienone is 1. The van der Waals surface area contributed by atoms with Crippen molar-refractivity contribution in [2.24, 2.45) is 22.2 Å². The minimum atomic E-state index is 0.0747.